The van der Waals surface area contributed by atoms with E-state index in [-0.39, 0.29) is 6.10 Å². The lowest BCUT2D eigenvalue weighted by atomic mass is 10.2. The zero-order valence-corrected chi connectivity index (χ0v) is 8.72. The van der Waals surface area contributed by atoms with Crippen LogP contribution >= 0.6 is 0 Å². The van der Waals surface area contributed by atoms with E-state index in [9.17, 15) is 4.79 Å². The number of hydrogen-bond acceptors (Lipinski definition) is 3. The summed E-state index contributed by atoms with van der Waals surface area (Å²) in [6, 6.07) is 8.93. The fourth-order valence-electron chi connectivity index (χ4n) is 1.14. The van der Waals surface area contributed by atoms with Gasteiger partial charge in [-0.05, 0) is 12.5 Å². The number of ether oxygens (including phenoxy) is 1. The summed E-state index contributed by atoms with van der Waals surface area (Å²) in [6.07, 6.45) is -0.372. The maximum Gasteiger partial charge on any atom is 0.237 e. The minimum absolute atomic E-state index is 0.372. The van der Waals surface area contributed by atoms with Crippen LogP contribution in [-0.2, 0) is 16.1 Å². The summed E-state index contributed by atoms with van der Waals surface area (Å²) in [5, 5.41) is 0. The molecular weight excluding hydrogens is 192 g/mol. The van der Waals surface area contributed by atoms with Crippen molar-refractivity contribution >= 4 is 5.91 Å². The Bertz CT molecular complexity index is 314. The smallest absolute Gasteiger partial charge is 0.237 e. The standard InChI is InChI=1S/C11H16N2O2/c1-8(10(12)11(13)14)15-7-9-5-3-2-4-6-9/h2-6,8,10H,7,12H2,1H3,(H2,13,14)/t8-,10+/m1/s1. The van der Waals surface area contributed by atoms with Crippen molar-refractivity contribution < 1.29 is 9.53 Å². The zero-order valence-electron chi connectivity index (χ0n) is 8.72. The molecule has 0 saturated carbocycles. The van der Waals surface area contributed by atoms with Gasteiger partial charge in [0.25, 0.3) is 0 Å². The van der Waals surface area contributed by atoms with E-state index < -0.39 is 11.9 Å². The third-order valence-electron chi connectivity index (χ3n) is 2.19. The number of rotatable bonds is 5. The molecule has 0 bridgehead atoms. The lowest BCUT2D eigenvalue weighted by Gasteiger charge is -2.17. The predicted molar refractivity (Wildman–Crippen MR) is 57.9 cm³/mol. The van der Waals surface area contributed by atoms with Crippen LogP contribution in [0, 0.1) is 0 Å². The fraction of sp³-hybridized carbons (Fsp3) is 0.364. The van der Waals surface area contributed by atoms with Gasteiger partial charge in [0.2, 0.25) is 5.91 Å². The third-order valence-corrected chi connectivity index (χ3v) is 2.19. The molecule has 0 aromatic heterocycles. The molecule has 0 fully saturated rings. The number of hydrogen-bond donors (Lipinski definition) is 2. The SMILES string of the molecule is C[C@@H](OCc1ccccc1)[C@H](N)C(N)=O. The van der Waals surface area contributed by atoms with Crippen molar-refractivity contribution in [3.05, 3.63) is 35.9 Å². The van der Waals surface area contributed by atoms with Gasteiger partial charge in [-0.3, -0.25) is 4.79 Å². The van der Waals surface area contributed by atoms with E-state index in [0.29, 0.717) is 6.61 Å². The van der Waals surface area contributed by atoms with Crippen molar-refractivity contribution in [1.29, 1.82) is 0 Å². The second kappa shape index (κ2) is 5.48. The van der Waals surface area contributed by atoms with Crippen molar-refractivity contribution in [1.82, 2.24) is 0 Å². The van der Waals surface area contributed by atoms with Gasteiger partial charge in [-0.2, -0.15) is 0 Å². The first-order chi connectivity index (χ1) is 7.11. The number of benzene rings is 1. The number of primary amides is 1. The lowest BCUT2D eigenvalue weighted by Crippen LogP contribution is -2.45. The number of nitrogens with two attached hydrogens (primary N) is 2. The summed E-state index contributed by atoms with van der Waals surface area (Å²) in [6.45, 7) is 2.17. The minimum atomic E-state index is -0.756. The van der Waals surface area contributed by atoms with Crippen LogP contribution in [0.15, 0.2) is 30.3 Å². The largest absolute Gasteiger partial charge is 0.372 e. The molecule has 82 valence electrons. The Morgan fingerprint density at radius 2 is 2.00 bits per heavy atom. The molecule has 0 heterocycles. The third kappa shape index (κ3) is 3.69. The van der Waals surface area contributed by atoms with Crippen LogP contribution in [0.5, 0.6) is 0 Å². The molecule has 1 rings (SSSR count). The van der Waals surface area contributed by atoms with E-state index in [0.717, 1.165) is 5.56 Å². The Balaban J connectivity index is 2.41. The highest BCUT2D eigenvalue weighted by Gasteiger charge is 2.18. The number of carbonyl (C=O) groups is 1. The van der Waals surface area contributed by atoms with E-state index in [2.05, 4.69) is 0 Å². The van der Waals surface area contributed by atoms with Crippen molar-refractivity contribution in [3.63, 3.8) is 0 Å². The summed E-state index contributed by atoms with van der Waals surface area (Å²) in [4.78, 5) is 10.8. The van der Waals surface area contributed by atoms with Gasteiger partial charge in [0.05, 0.1) is 12.7 Å². The Labute approximate surface area is 89.2 Å². The molecule has 1 amide bonds. The molecule has 4 heteroatoms. The highest BCUT2D eigenvalue weighted by molar-refractivity contribution is 5.80. The predicted octanol–water partition coefficient (Wildman–Crippen LogP) is 0.404. The van der Waals surface area contributed by atoms with Gasteiger partial charge in [0.15, 0.2) is 0 Å². The molecule has 1 aromatic carbocycles. The highest BCUT2D eigenvalue weighted by atomic mass is 16.5. The monoisotopic (exact) mass is 208 g/mol. The highest BCUT2D eigenvalue weighted by Crippen LogP contribution is 2.04. The average molecular weight is 208 g/mol. The summed E-state index contributed by atoms with van der Waals surface area (Å²) in [5.74, 6) is -0.546. The van der Waals surface area contributed by atoms with E-state index in [1.807, 2.05) is 30.3 Å². The van der Waals surface area contributed by atoms with Gasteiger partial charge in [0.1, 0.15) is 6.04 Å². The lowest BCUT2D eigenvalue weighted by molar-refractivity contribution is -0.122. The normalized spacial score (nSPS) is 14.5. The van der Waals surface area contributed by atoms with Crippen molar-refractivity contribution in [2.75, 3.05) is 0 Å². The molecule has 0 aliphatic rings. The quantitative estimate of drug-likeness (QED) is 0.735. The molecular formula is C11H16N2O2. The maximum absolute atomic E-state index is 10.8. The van der Waals surface area contributed by atoms with Crippen molar-refractivity contribution in [2.24, 2.45) is 11.5 Å². The summed E-state index contributed by atoms with van der Waals surface area (Å²) in [7, 11) is 0. The van der Waals surface area contributed by atoms with Crippen molar-refractivity contribution in [3.8, 4) is 0 Å². The average Bonchev–Trinajstić information content (AvgIpc) is 2.26. The topological polar surface area (TPSA) is 78.3 Å². The van der Waals surface area contributed by atoms with E-state index in [4.69, 9.17) is 16.2 Å². The molecule has 0 spiro atoms. The van der Waals surface area contributed by atoms with Gasteiger partial charge in [-0.15, -0.1) is 0 Å². The Kier molecular flexibility index (Phi) is 4.27. The van der Waals surface area contributed by atoms with E-state index in [1.54, 1.807) is 6.92 Å². The van der Waals surface area contributed by atoms with Crippen LogP contribution in [0.1, 0.15) is 12.5 Å². The first kappa shape index (κ1) is 11.7. The van der Waals surface area contributed by atoms with Crippen LogP contribution in [-0.4, -0.2) is 18.1 Å². The van der Waals surface area contributed by atoms with E-state index >= 15 is 0 Å². The summed E-state index contributed by atoms with van der Waals surface area (Å²) >= 11 is 0. The van der Waals surface area contributed by atoms with Gasteiger partial charge in [-0.1, -0.05) is 30.3 Å². The molecule has 0 saturated heterocycles. The van der Waals surface area contributed by atoms with Crippen LogP contribution in [0.2, 0.25) is 0 Å². The summed E-state index contributed by atoms with van der Waals surface area (Å²) < 4.78 is 5.43. The molecule has 0 aliphatic carbocycles. The van der Waals surface area contributed by atoms with Gasteiger partial charge >= 0.3 is 0 Å². The van der Waals surface area contributed by atoms with Crippen LogP contribution in [0.25, 0.3) is 0 Å². The molecule has 0 radical (unpaired) electrons. The zero-order chi connectivity index (χ0) is 11.3. The van der Waals surface area contributed by atoms with Crippen LogP contribution < -0.4 is 11.5 Å². The van der Waals surface area contributed by atoms with Crippen LogP contribution in [0.3, 0.4) is 0 Å². The molecule has 2 atom stereocenters. The number of carbonyl (C=O) groups excluding carboxylic acids is 1. The minimum Gasteiger partial charge on any atom is -0.372 e. The Morgan fingerprint density at radius 1 is 1.40 bits per heavy atom. The van der Waals surface area contributed by atoms with E-state index in [1.165, 1.54) is 0 Å². The molecule has 4 N–H and O–H groups in total. The Morgan fingerprint density at radius 3 is 2.53 bits per heavy atom. The second-order valence-corrected chi connectivity index (χ2v) is 3.43. The maximum atomic E-state index is 10.8. The molecule has 1 aromatic rings. The molecule has 15 heavy (non-hydrogen) atoms. The molecule has 0 unspecified atom stereocenters. The fourth-order valence-corrected chi connectivity index (χ4v) is 1.14. The van der Waals surface area contributed by atoms with Gasteiger partial charge in [-0.25, -0.2) is 0 Å². The second-order valence-electron chi connectivity index (χ2n) is 3.43. The van der Waals surface area contributed by atoms with Gasteiger partial charge in [0, 0.05) is 0 Å². The number of amides is 1. The Hall–Kier alpha value is -1.39. The van der Waals surface area contributed by atoms with Crippen molar-refractivity contribution in [2.45, 2.75) is 25.7 Å². The molecule has 4 nitrogen and oxygen atoms in total. The van der Waals surface area contributed by atoms with Crippen LogP contribution in [0.4, 0.5) is 0 Å². The first-order valence-corrected chi connectivity index (χ1v) is 4.81. The van der Waals surface area contributed by atoms with Gasteiger partial charge < -0.3 is 16.2 Å². The molecule has 0 aliphatic heterocycles. The summed E-state index contributed by atoms with van der Waals surface area (Å²) in [5.41, 5.74) is 11.6. The first-order valence-electron chi connectivity index (χ1n) is 4.81.